The third-order valence-electron chi connectivity index (χ3n) is 4.36. The van der Waals surface area contributed by atoms with E-state index in [9.17, 15) is 0 Å². The van der Waals surface area contributed by atoms with Gasteiger partial charge in [-0.3, -0.25) is 0 Å². The van der Waals surface area contributed by atoms with Crippen LogP contribution in [0.5, 0.6) is 0 Å². The molecule has 2 aromatic heterocycles. The summed E-state index contributed by atoms with van der Waals surface area (Å²) in [7, 11) is 1.71. The van der Waals surface area contributed by atoms with Crippen molar-refractivity contribution in [2.75, 3.05) is 50.6 Å². The van der Waals surface area contributed by atoms with Crippen molar-refractivity contribution in [2.24, 2.45) is 0 Å². The van der Waals surface area contributed by atoms with Gasteiger partial charge in [-0.2, -0.15) is 0 Å². The molecule has 3 rings (SSSR count). The number of pyridine rings is 1. The fraction of sp³-hybridized carbons (Fsp3) is 0.450. The summed E-state index contributed by atoms with van der Waals surface area (Å²) in [5.41, 5.74) is 2.66. The first-order chi connectivity index (χ1) is 13.8. The van der Waals surface area contributed by atoms with Crippen molar-refractivity contribution in [3.05, 3.63) is 35.9 Å². The number of ether oxygens (including phenoxy) is 2. The molecule has 1 aliphatic heterocycles. The third-order valence-corrected chi connectivity index (χ3v) is 4.36. The Morgan fingerprint density at radius 1 is 1.29 bits per heavy atom. The molecule has 8 nitrogen and oxygen atoms in total. The van der Waals surface area contributed by atoms with Crippen molar-refractivity contribution in [3.63, 3.8) is 0 Å². The zero-order valence-corrected chi connectivity index (χ0v) is 16.1. The van der Waals surface area contributed by atoms with Crippen molar-refractivity contribution in [1.29, 1.82) is 0 Å². The van der Waals surface area contributed by atoms with Gasteiger partial charge in [-0.05, 0) is 24.3 Å². The number of aromatic nitrogens is 3. The van der Waals surface area contributed by atoms with Gasteiger partial charge in [0.1, 0.15) is 17.3 Å². The molecule has 3 N–H and O–H groups in total. The van der Waals surface area contributed by atoms with Gasteiger partial charge in [-0.1, -0.05) is 0 Å². The minimum Gasteiger partial charge on any atom is -0.385 e. The van der Waals surface area contributed by atoms with E-state index < -0.39 is 0 Å². The number of rotatable bonds is 9. The summed E-state index contributed by atoms with van der Waals surface area (Å²) in [6, 6.07) is 1.98. The van der Waals surface area contributed by atoms with E-state index in [4.69, 9.17) is 15.9 Å². The van der Waals surface area contributed by atoms with Crippen LogP contribution in [0.4, 0.5) is 17.3 Å². The van der Waals surface area contributed by atoms with Crippen molar-refractivity contribution in [1.82, 2.24) is 20.3 Å². The molecule has 0 spiro atoms. The van der Waals surface area contributed by atoms with Gasteiger partial charge in [0.2, 0.25) is 0 Å². The fourth-order valence-corrected chi connectivity index (χ4v) is 2.90. The minimum atomic E-state index is 0.146. The lowest BCUT2D eigenvalue weighted by molar-refractivity contribution is 0.0372. The van der Waals surface area contributed by atoms with Gasteiger partial charge in [-0.15, -0.1) is 6.42 Å². The Bertz CT molecular complexity index is 784. The Morgan fingerprint density at radius 2 is 2.18 bits per heavy atom. The van der Waals surface area contributed by atoms with Crippen LogP contribution in [0.15, 0.2) is 24.7 Å². The normalized spacial score (nSPS) is 16.4. The second kappa shape index (κ2) is 10.6. The molecule has 0 aliphatic carbocycles. The quantitative estimate of drug-likeness (QED) is 0.445. The molecule has 3 heterocycles. The van der Waals surface area contributed by atoms with E-state index in [1.54, 1.807) is 19.5 Å². The summed E-state index contributed by atoms with van der Waals surface area (Å²) in [6.45, 7) is 3.93. The number of morpholine rings is 1. The summed E-state index contributed by atoms with van der Waals surface area (Å²) in [4.78, 5) is 12.9. The van der Waals surface area contributed by atoms with Crippen molar-refractivity contribution in [3.8, 4) is 12.3 Å². The van der Waals surface area contributed by atoms with Crippen LogP contribution >= 0.6 is 0 Å². The van der Waals surface area contributed by atoms with Crippen LogP contribution in [-0.4, -0.2) is 61.0 Å². The molecule has 0 saturated carbocycles. The lowest BCUT2D eigenvalue weighted by atomic mass is 10.1. The van der Waals surface area contributed by atoms with Crippen LogP contribution in [0.25, 0.3) is 0 Å². The SMILES string of the molecule is C#Cc1cnc(Nc2cc(NC[C@H]3CNCCO3)c(CCCOC)cn2)cn1. The highest BCUT2D eigenvalue weighted by atomic mass is 16.5. The van der Waals surface area contributed by atoms with E-state index in [1.807, 2.05) is 12.3 Å². The molecule has 2 aromatic rings. The number of methoxy groups -OCH3 is 1. The van der Waals surface area contributed by atoms with Gasteiger partial charge in [0, 0.05) is 51.3 Å². The average Bonchev–Trinajstić information content (AvgIpc) is 2.75. The Balaban J connectivity index is 1.70. The van der Waals surface area contributed by atoms with Crippen LogP contribution in [0.3, 0.4) is 0 Å². The van der Waals surface area contributed by atoms with E-state index in [0.29, 0.717) is 23.9 Å². The molecule has 0 unspecified atom stereocenters. The largest absolute Gasteiger partial charge is 0.385 e. The van der Waals surface area contributed by atoms with E-state index in [-0.39, 0.29) is 6.10 Å². The molecule has 0 aromatic carbocycles. The number of hydrogen-bond acceptors (Lipinski definition) is 8. The second-order valence-corrected chi connectivity index (χ2v) is 6.46. The van der Waals surface area contributed by atoms with Crippen molar-refractivity contribution in [2.45, 2.75) is 18.9 Å². The Morgan fingerprint density at radius 3 is 2.89 bits per heavy atom. The molecule has 0 bridgehead atoms. The standard InChI is InChI=1S/C20H26N6O2/c1-3-16-11-25-20(14-22-16)26-19-9-18(15(10-24-19)5-4-7-27-2)23-13-17-12-21-6-8-28-17/h1,9-11,14,17,21H,4-8,12-13H2,2H3,(H2,23,24,25,26)/t17-/m1/s1. The maximum Gasteiger partial charge on any atom is 0.150 e. The fourth-order valence-electron chi connectivity index (χ4n) is 2.90. The van der Waals surface area contributed by atoms with E-state index in [1.165, 1.54) is 0 Å². The third kappa shape index (κ3) is 5.89. The highest BCUT2D eigenvalue weighted by Gasteiger charge is 2.14. The number of aryl methyl sites for hydroxylation is 1. The number of hydrogen-bond donors (Lipinski definition) is 3. The molecule has 1 atom stereocenters. The summed E-state index contributed by atoms with van der Waals surface area (Å²) in [6.07, 6.45) is 12.3. The van der Waals surface area contributed by atoms with E-state index >= 15 is 0 Å². The predicted octanol–water partition coefficient (Wildman–Crippen LogP) is 1.58. The van der Waals surface area contributed by atoms with Gasteiger partial charge in [0.05, 0.1) is 25.1 Å². The maximum atomic E-state index is 5.78. The van der Waals surface area contributed by atoms with Crippen LogP contribution in [0.2, 0.25) is 0 Å². The van der Waals surface area contributed by atoms with Gasteiger partial charge < -0.3 is 25.4 Å². The van der Waals surface area contributed by atoms with Crippen LogP contribution in [0.1, 0.15) is 17.7 Å². The van der Waals surface area contributed by atoms with E-state index in [2.05, 4.69) is 36.8 Å². The number of nitrogens with one attached hydrogen (secondary N) is 3. The smallest absolute Gasteiger partial charge is 0.150 e. The number of terminal acetylenes is 1. The highest BCUT2D eigenvalue weighted by Crippen LogP contribution is 2.22. The molecule has 1 saturated heterocycles. The summed E-state index contributed by atoms with van der Waals surface area (Å²) < 4.78 is 10.9. The van der Waals surface area contributed by atoms with Crippen molar-refractivity contribution < 1.29 is 9.47 Å². The molecule has 0 amide bonds. The lowest BCUT2D eigenvalue weighted by Crippen LogP contribution is -2.42. The lowest BCUT2D eigenvalue weighted by Gasteiger charge is -2.25. The molecule has 0 radical (unpaired) electrons. The van der Waals surface area contributed by atoms with Crippen LogP contribution in [0, 0.1) is 12.3 Å². The average molecular weight is 382 g/mol. The summed E-state index contributed by atoms with van der Waals surface area (Å²) in [5, 5.41) is 10.0. The molecule has 28 heavy (non-hydrogen) atoms. The maximum absolute atomic E-state index is 5.78. The van der Waals surface area contributed by atoms with Gasteiger partial charge in [0.15, 0.2) is 0 Å². The zero-order valence-electron chi connectivity index (χ0n) is 16.1. The summed E-state index contributed by atoms with van der Waals surface area (Å²) in [5.74, 6) is 3.72. The first-order valence-electron chi connectivity index (χ1n) is 9.38. The van der Waals surface area contributed by atoms with Gasteiger partial charge in [0.25, 0.3) is 0 Å². The zero-order chi connectivity index (χ0) is 19.6. The van der Waals surface area contributed by atoms with Crippen LogP contribution in [-0.2, 0) is 15.9 Å². The Labute approximate surface area is 165 Å². The predicted molar refractivity (Wildman–Crippen MR) is 109 cm³/mol. The number of nitrogens with zero attached hydrogens (tertiary/aromatic N) is 3. The second-order valence-electron chi connectivity index (χ2n) is 6.46. The Kier molecular flexibility index (Phi) is 7.55. The Hall–Kier alpha value is -2.73. The molecule has 8 heteroatoms. The number of anilines is 3. The van der Waals surface area contributed by atoms with Crippen molar-refractivity contribution >= 4 is 17.3 Å². The topological polar surface area (TPSA) is 93.2 Å². The first kappa shape index (κ1) is 20.0. The first-order valence-corrected chi connectivity index (χ1v) is 9.38. The molecular weight excluding hydrogens is 356 g/mol. The molecule has 148 valence electrons. The van der Waals surface area contributed by atoms with Crippen LogP contribution < -0.4 is 16.0 Å². The minimum absolute atomic E-state index is 0.146. The molecule has 1 fully saturated rings. The molecule has 1 aliphatic rings. The monoisotopic (exact) mass is 382 g/mol. The highest BCUT2D eigenvalue weighted by molar-refractivity contribution is 5.61. The van der Waals surface area contributed by atoms with E-state index in [0.717, 1.165) is 50.3 Å². The van der Waals surface area contributed by atoms with Gasteiger partial charge in [-0.25, -0.2) is 15.0 Å². The van der Waals surface area contributed by atoms with Gasteiger partial charge >= 0.3 is 0 Å². The summed E-state index contributed by atoms with van der Waals surface area (Å²) >= 11 is 0. The molecular formula is C20H26N6O2.